The summed E-state index contributed by atoms with van der Waals surface area (Å²) in [5, 5.41) is 14.7. The number of anilines is 1. The van der Waals surface area contributed by atoms with Crippen molar-refractivity contribution in [1.82, 2.24) is 4.31 Å². The van der Waals surface area contributed by atoms with Crippen LogP contribution in [0.5, 0.6) is 5.75 Å². The molecule has 0 unspecified atom stereocenters. The van der Waals surface area contributed by atoms with Crippen molar-refractivity contribution in [2.24, 2.45) is 0 Å². The van der Waals surface area contributed by atoms with Gasteiger partial charge in [-0.15, -0.1) is 0 Å². The molecule has 1 saturated heterocycles. The van der Waals surface area contributed by atoms with Crippen molar-refractivity contribution >= 4 is 32.4 Å². The van der Waals surface area contributed by atoms with Crippen LogP contribution < -0.4 is 5.32 Å². The van der Waals surface area contributed by atoms with Gasteiger partial charge in [-0.2, -0.15) is 4.31 Å². The van der Waals surface area contributed by atoms with Gasteiger partial charge < -0.3 is 10.4 Å². The number of aromatic hydroxyl groups is 1. The molecule has 1 aliphatic rings. The molecule has 4 rings (SSSR count). The molecule has 0 bridgehead atoms. The second kappa shape index (κ2) is 7.26. The molecule has 3 aromatic carbocycles. The number of nitrogens with zero attached hydrogens (tertiary/aromatic N) is 1. The van der Waals surface area contributed by atoms with E-state index in [0.717, 1.165) is 23.6 Å². The van der Waals surface area contributed by atoms with Crippen molar-refractivity contribution in [1.29, 1.82) is 0 Å². The molecular weight excluding hydrogens is 376 g/mol. The SMILES string of the molecule is O=C(Nc1cc(S(=O)(=O)N2CCCC2)ccc1O)c1ccc2ccccc2c1. The molecule has 28 heavy (non-hydrogen) atoms. The minimum atomic E-state index is -3.64. The topological polar surface area (TPSA) is 86.7 Å². The van der Waals surface area contributed by atoms with Crippen molar-refractivity contribution in [2.75, 3.05) is 18.4 Å². The van der Waals surface area contributed by atoms with Crippen LogP contribution in [0, 0.1) is 0 Å². The van der Waals surface area contributed by atoms with Crippen molar-refractivity contribution in [2.45, 2.75) is 17.7 Å². The number of fused-ring (bicyclic) bond motifs is 1. The third-order valence-electron chi connectivity index (χ3n) is 4.93. The minimum absolute atomic E-state index is 0.0565. The quantitative estimate of drug-likeness (QED) is 0.660. The van der Waals surface area contributed by atoms with Crippen LogP contribution in [0.4, 0.5) is 5.69 Å². The Hall–Kier alpha value is -2.90. The molecule has 3 aromatic rings. The van der Waals surface area contributed by atoms with E-state index in [1.807, 2.05) is 30.3 Å². The van der Waals surface area contributed by atoms with Gasteiger partial charge in [0, 0.05) is 18.7 Å². The van der Waals surface area contributed by atoms with Gasteiger partial charge in [-0.1, -0.05) is 30.3 Å². The van der Waals surface area contributed by atoms with Gasteiger partial charge in [-0.05, 0) is 53.9 Å². The van der Waals surface area contributed by atoms with E-state index in [-0.39, 0.29) is 16.3 Å². The van der Waals surface area contributed by atoms with Gasteiger partial charge in [-0.25, -0.2) is 8.42 Å². The highest BCUT2D eigenvalue weighted by molar-refractivity contribution is 7.89. The molecule has 7 heteroatoms. The molecule has 0 atom stereocenters. The minimum Gasteiger partial charge on any atom is -0.506 e. The number of hydrogen-bond donors (Lipinski definition) is 2. The van der Waals surface area contributed by atoms with Gasteiger partial charge in [0.05, 0.1) is 10.6 Å². The van der Waals surface area contributed by atoms with E-state index >= 15 is 0 Å². The lowest BCUT2D eigenvalue weighted by Crippen LogP contribution is -2.28. The number of hydrogen-bond acceptors (Lipinski definition) is 4. The molecular formula is C21H20N2O4S. The number of phenolic OH excluding ortho intramolecular Hbond substituents is 1. The van der Waals surface area contributed by atoms with Crippen LogP contribution in [-0.2, 0) is 10.0 Å². The molecule has 1 aliphatic heterocycles. The maximum atomic E-state index is 12.7. The normalized spacial score (nSPS) is 15.0. The van der Waals surface area contributed by atoms with Crippen LogP contribution in [0.25, 0.3) is 10.8 Å². The van der Waals surface area contributed by atoms with Gasteiger partial charge in [0.15, 0.2) is 0 Å². The van der Waals surface area contributed by atoms with Gasteiger partial charge in [0.2, 0.25) is 10.0 Å². The molecule has 144 valence electrons. The van der Waals surface area contributed by atoms with E-state index in [4.69, 9.17) is 0 Å². The zero-order chi connectivity index (χ0) is 19.7. The van der Waals surface area contributed by atoms with Crippen LogP contribution in [0.2, 0.25) is 0 Å². The second-order valence-electron chi connectivity index (χ2n) is 6.81. The lowest BCUT2D eigenvalue weighted by Gasteiger charge is -2.16. The first kappa shape index (κ1) is 18.5. The fourth-order valence-corrected chi connectivity index (χ4v) is 4.92. The second-order valence-corrected chi connectivity index (χ2v) is 8.74. The van der Waals surface area contributed by atoms with Crippen molar-refractivity contribution in [3.05, 3.63) is 66.2 Å². The highest BCUT2D eigenvalue weighted by Crippen LogP contribution is 2.30. The molecule has 1 fully saturated rings. The number of nitrogens with one attached hydrogen (secondary N) is 1. The van der Waals surface area contributed by atoms with Gasteiger partial charge >= 0.3 is 0 Å². The summed E-state index contributed by atoms with van der Waals surface area (Å²) in [5.41, 5.74) is 0.490. The average Bonchev–Trinajstić information content (AvgIpc) is 3.25. The third-order valence-corrected chi connectivity index (χ3v) is 6.83. The fraction of sp³-hybridized carbons (Fsp3) is 0.190. The predicted molar refractivity (Wildman–Crippen MR) is 108 cm³/mol. The molecule has 0 saturated carbocycles. The Balaban J connectivity index is 1.62. The summed E-state index contributed by atoms with van der Waals surface area (Å²) < 4.78 is 26.9. The molecule has 0 radical (unpaired) electrons. The molecule has 0 aromatic heterocycles. The lowest BCUT2D eigenvalue weighted by atomic mass is 10.1. The van der Waals surface area contributed by atoms with Crippen LogP contribution in [0.1, 0.15) is 23.2 Å². The van der Waals surface area contributed by atoms with E-state index in [0.29, 0.717) is 18.7 Å². The van der Waals surface area contributed by atoms with Crippen molar-refractivity contribution in [3.63, 3.8) is 0 Å². The highest BCUT2D eigenvalue weighted by Gasteiger charge is 2.28. The van der Waals surface area contributed by atoms with Crippen LogP contribution in [-0.4, -0.2) is 36.8 Å². The summed E-state index contributed by atoms with van der Waals surface area (Å²) in [6.07, 6.45) is 1.67. The summed E-state index contributed by atoms with van der Waals surface area (Å²) in [6.45, 7) is 0.976. The lowest BCUT2D eigenvalue weighted by molar-refractivity contribution is 0.102. The van der Waals surface area contributed by atoms with Crippen LogP contribution >= 0.6 is 0 Å². The third kappa shape index (κ3) is 3.46. The Morgan fingerprint density at radius 2 is 1.64 bits per heavy atom. The van der Waals surface area contributed by atoms with Crippen molar-refractivity contribution < 1.29 is 18.3 Å². The molecule has 1 heterocycles. The largest absolute Gasteiger partial charge is 0.506 e. The number of rotatable bonds is 4. The summed E-state index contributed by atoms with van der Waals surface area (Å²) in [6, 6.07) is 16.9. The number of carbonyl (C=O) groups excluding carboxylic acids is 1. The Morgan fingerprint density at radius 1 is 0.929 bits per heavy atom. The fourth-order valence-electron chi connectivity index (χ4n) is 3.38. The molecule has 2 N–H and O–H groups in total. The first-order valence-corrected chi connectivity index (χ1v) is 10.5. The number of amides is 1. The Bertz CT molecular complexity index is 1150. The number of phenols is 1. The molecule has 0 aliphatic carbocycles. The first-order chi connectivity index (χ1) is 13.4. The zero-order valence-electron chi connectivity index (χ0n) is 15.1. The summed E-state index contributed by atoms with van der Waals surface area (Å²) in [7, 11) is -3.64. The molecule has 1 amide bonds. The standard InChI is InChI=1S/C21H20N2O4S/c24-20-10-9-18(28(26,27)23-11-3-4-12-23)14-19(20)22-21(25)17-8-7-15-5-1-2-6-16(15)13-17/h1-2,5-10,13-14,24H,3-4,11-12H2,(H,22,25). The highest BCUT2D eigenvalue weighted by atomic mass is 32.2. The molecule has 6 nitrogen and oxygen atoms in total. The van der Waals surface area contributed by atoms with E-state index in [1.54, 1.807) is 12.1 Å². The zero-order valence-corrected chi connectivity index (χ0v) is 15.9. The van der Waals surface area contributed by atoms with Gasteiger partial charge in [0.25, 0.3) is 5.91 Å². The summed E-state index contributed by atoms with van der Waals surface area (Å²) in [4.78, 5) is 12.7. The Kier molecular flexibility index (Phi) is 4.78. The Labute approximate surface area is 163 Å². The Morgan fingerprint density at radius 3 is 2.39 bits per heavy atom. The first-order valence-electron chi connectivity index (χ1n) is 9.08. The maximum Gasteiger partial charge on any atom is 0.255 e. The summed E-state index contributed by atoms with van der Waals surface area (Å²) in [5.74, 6) is -0.605. The number of benzene rings is 3. The number of sulfonamides is 1. The van der Waals surface area contributed by atoms with Gasteiger partial charge in [-0.3, -0.25) is 4.79 Å². The van der Waals surface area contributed by atoms with Crippen LogP contribution in [0.15, 0.2) is 65.6 Å². The number of carbonyl (C=O) groups is 1. The monoisotopic (exact) mass is 396 g/mol. The summed E-state index contributed by atoms with van der Waals surface area (Å²) >= 11 is 0. The smallest absolute Gasteiger partial charge is 0.255 e. The predicted octanol–water partition coefficient (Wildman–Crippen LogP) is 3.58. The van der Waals surface area contributed by atoms with Crippen LogP contribution in [0.3, 0.4) is 0 Å². The molecule has 0 spiro atoms. The maximum absolute atomic E-state index is 12.7. The van der Waals surface area contributed by atoms with E-state index in [1.165, 1.54) is 22.5 Å². The average molecular weight is 396 g/mol. The van der Waals surface area contributed by atoms with Crippen molar-refractivity contribution in [3.8, 4) is 5.75 Å². The van der Waals surface area contributed by atoms with Gasteiger partial charge in [0.1, 0.15) is 5.75 Å². The van der Waals surface area contributed by atoms with E-state index in [2.05, 4.69) is 5.32 Å². The van der Waals surface area contributed by atoms with E-state index in [9.17, 15) is 18.3 Å². The van der Waals surface area contributed by atoms with E-state index < -0.39 is 15.9 Å².